The average Bonchev–Trinajstić information content (AvgIpc) is 2.12. The van der Waals surface area contributed by atoms with Crippen molar-refractivity contribution < 1.29 is 9.22 Å². The second kappa shape index (κ2) is 7.84. The third-order valence-electron chi connectivity index (χ3n) is 1.84. The van der Waals surface area contributed by atoms with Gasteiger partial charge >= 0.3 is 5.97 Å². The van der Waals surface area contributed by atoms with Crippen LogP contribution in [0.4, 0.5) is 0 Å². The molecule has 0 heterocycles. The van der Waals surface area contributed by atoms with Crippen molar-refractivity contribution in [3.63, 3.8) is 0 Å². The Balaban J connectivity index is 3.82. The predicted octanol–water partition coefficient (Wildman–Crippen LogP) is 2.41. The normalized spacial score (nSPS) is 11.5. The van der Waals surface area contributed by atoms with Crippen LogP contribution < -0.4 is 0 Å². The van der Waals surface area contributed by atoms with Gasteiger partial charge in [0.05, 0.1) is 6.08 Å². The van der Waals surface area contributed by atoms with Gasteiger partial charge in [0.2, 0.25) is 9.04 Å². The van der Waals surface area contributed by atoms with E-state index < -0.39 is 9.04 Å². The third kappa shape index (κ3) is 6.38. The molecule has 0 aliphatic rings. The van der Waals surface area contributed by atoms with E-state index in [1.54, 1.807) is 0 Å². The summed E-state index contributed by atoms with van der Waals surface area (Å²) in [5.41, 5.74) is 2.43. The van der Waals surface area contributed by atoms with E-state index in [4.69, 9.17) is 4.43 Å². The largest absolute Gasteiger partial charge is 0.519 e. The van der Waals surface area contributed by atoms with Crippen LogP contribution in [0.2, 0.25) is 12.1 Å². The summed E-state index contributed by atoms with van der Waals surface area (Å²) in [5, 5.41) is 0. The second-order valence-corrected chi connectivity index (χ2v) is 5.83. The Hall–Kier alpha value is -0.793. The minimum Gasteiger partial charge on any atom is -0.519 e. The molecule has 1 unspecified atom stereocenters. The van der Waals surface area contributed by atoms with E-state index in [2.05, 4.69) is 26.2 Å². The molecule has 74 valence electrons. The van der Waals surface area contributed by atoms with Gasteiger partial charge in [-0.2, -0.15) is 0 Å². The molecule has 0 aliphatic heterocycles. The molecule has 0 saturated heterocycles. The Kier molecular flexibility index (Phi) is 7.36. The minimum atomic E-state index is -1.27. The van der Waals surface area contributed by atoms with Crippen molar-refractivity contribution in [2.75, 3.05) is 0 Å². The van der Waals surface area contributed by atoms with E-state index in [1.165, 1.54) is 12.5 Å². The molecule has 0 fully saturated rings. The molecule has 0 aromatic heterocycles. The highest BCUT2D eigenvalue weighted by molar-refractivity contribution is 6.53. The molecule has 0 aliphatic carbocycles. The van der Waals surface area contributed by atoms with Crippen molar-refractivity contribution >= 4 is 15.0 Å². The lowest BCUT2D eigenvalue weighted by Crippen LogP contribution is -2.19. The molecule has 0 radical (unpaired) electrons. The number of carbonyl (C=O) groups is 1. The number of rotatable bonds is 6. The molecule has 3 heteroatoms. The van der Waals surface area contributed by atoms with Gasteiger partial charge in [0.1, 0.15) is 0 Å². The van der Waals surface area contributed by atoms with Crippen molar-refractivity contribution in [2.45, 2.75) is 38.8 Å². The lowest BCUT2D eigenvalue weighted by molar-refractivity contribution is -0.129. The monoisotopic (exact) mass is 198 g/mol. The smallest absolute Gasteiger partial charge is 0.325 e. The Morgan fingerprint density at radius 2 is 2.31 bits per heavy atom. The lowest BCUT2D eigenvalue weighted by atomic mass is 10.4. The first kappa shape index (κ1) is 12.2. The summed E-state index contributed by atoms with van der Waals surface area (Å²) < 4.78 is 5.28. The van der Waals surface area contributed by atoms with Crippen LogP contribution in [0.3, 0.4) is 0 Å². The number of hydrogen-bond acceptors (Lipinski definition) is 2. The Morgan fingerprint density at radius 1 is 1.62 bits per heavy atom. The van der Waals surface area contributed by atoms with Crippen LogP contribution in [-0.2, 0) is 9.22 Å². The minimum absolute atomic E-state index is 0.274. The van der Waals surface area contributed by atoms with Gasteiger partial charge in [-0.05, 0) is 12.1 Å². The van der Waals surface area contributed by atoms with Crippen LogP contribution >= 0.6 is 0 Å². The second-order valence-electron chi connectivity index (χ2n) is 2.96. The van der Waals surface area contributed by atoms with Gasteiger partial charge < -0.3 is 4.43 Å². The van der Waals surface area contributed by atoms with E-state index in [0.29, 0.717) is 0 Å². The van der Waals surface area contributed by atoms with Crippen molar-refractivity contribution in [1.82, 2.24) is 0 Å². The summed E-state index contributed by atoms with van der Waals surface area (Å²) in [4.78, 5) is 11.0. The Morgan fingerprint density at radius 3 is 2.77 bits per heavy atom. The summed E-state index contributed by atoms with van der Waals surface area (Å²) in [6, 6.07) is 2.10. The van der Waals surface area contributed by atoms with Gasteiger partial charge in [0.15, 0.2) is 0 Å². The van der Waals surface area contributed by atoms with Gasteiger partial charge in [0, 0.05) is 0 Å². The molecular formula is C10H18O2Si. The summed E-state index contributed by atoms with van der Waals surface area (Å²) >= 11 is 0. The highest BCUT2D eigenvalue weighted by atomic mass is 28.3. The van der Waals surface area contributed by atoms with Crippen LogP contribution in [0.25, 0.3) is 0 Å². The van der Waals surface area contributed by atoms with Crippen LogP contribution in [0.15, 0.2) is 18.4 Å². The summed E-state index contributed by atoms with van der Waals surface area (Å²) in [6.45, 7) is 7.56. The van der Waals surface area contributed by atoms with Crippen molar-refractivity contribution in [3.8, 4) is 0 Å². The molecule has 0 spiro atoms. The molecule has 0 bridgehead atoms. The van der Waals surface area contributed by atoms with Gasteiger partial charge in [0.25, 0.3) is 0 Å². The number of carbonyl (C=O) groups excluding carboxylic acids is 1. The summed E-state index contributed by atoms with van der Waals surface area (Å²) in [7, 11) is -1.27. The molecule has 0 aromatic carbocycles. The topological polar surface area (TPSA) is 26.3 Å². The maximum absolute atomic E-state index is 11.0. The maximum Gasteiger partial charge on any atom is 0.325 e. The number of unbranched alkanes of at least 4 members (excludes halogenated alkanes) is 1. The highest BCUT2D eigenvalue weighted by Gasteiger charge is 2.12. The summed E-state index contributed by atoms with van der Waals surface area (Å²) in [5.74, 6) is -0.274. The van der Waals surface area contributed by atoms with E-state index in [0.717, 1.165) is 18.5 Å². The molecular weight excluding hydrogens is 180 g/mol. The number of hydrogen-bond donors (Lipinski definition) is 0. The molecule has 0 saturated carbocycles. The van der Waals surface area contributed by atoms with Gasteiger partial charge in [-0.1, -0.05) is 33.3 Å². The molecule has 0 rings (SSSR count). The first-order valence-corrected chi connectivity index (χ1v) is 6.91. The molecule has 0 amide bonds. The van der Waals surface area contributed by atoms with Crippen LogP contribution in [0.1, 0.15) is 26.7 Å². The third-order valence-corrected chi connectivity index (χ3v) is 4.37. The Labute approximate surface area is 82.0 Å². The van der Waals surface area contributed by atoms with Crippen molar-refractivity contribution in [1.29, 1.82) is 0 Å². The lowest BCUT2D eigenvalue weighted by Gasteiger charge is -2.11. The van der Waals surface area contributed by atoms with Crippen LogP contribution in [-0.4, -0.2) is 15.0 Å². The van der Waals surface area contributed by atoms with Gasteiger partial charge in [-0.25, -0.2) is 4.79 Å². The zero-order chi connectivity index (χ0) is 10.1. The quantitative estimate of drug-likeness (QED) is 0.372. The van der Waals surface area contributed by atoms with Gasteiger partial charge in [-0.15, -0.1) is 5.73 Å². The van der Waals surface area contributed by atoms with E-state index in [9.17, 15) is 4.79 Å². The van der Waals surface area contributed by atoms with E-state index >= 15 is 0 Å². The maximum atomic E-state index is 11.0. The molecule has 0 aromatic rings. The highest BCUT2D eigenvalue weighted by Crippen LogP contribution is 2.06. The zero-order valence-corrected chi connectivity index (χ0v) is 9.66. The predicted molar refractivity (Wildman–Crippen MR) is 57.1 cm³/mol. The molecule has 0 N–H and O–H groups in total. The fourth-order valence-electron chi connectivity index (χ4n) is 1.06. The fraction of sp³-hybridized carbons (Fsp3) is 0.600. The van der Waals surface area contributed by atoms with Crippen molar-refractivity contribution in [2.24, 2.45) is 0 Å². The SMILES string of the molecule is C=C=CC(=O)O[SiH](CC)CCCC. The first-order valence-electron chi connectivity index (χ1n) is 4.81. The van der Waals surface area contributed by atoms with E-state index in [-0.39, 0.29) is 5.97 Å². The van der Waals surface area contributed by atoms with E-state index in [1.807, 2.05) is 0 Å². The average molecular weight is 198 g/mol. The molecule has 13 heavy (non-hydrogen) atoms. The zero-order valence-electron chi connectivity index (χ0n) is 8.51. The standard InChI is InChI=1S/C10H18O2Si/c1-4-7-9-13(6-3)12-10(11)8-5-2/h8,13H,2,4,6-7,9H2,1,3H3. The fourth-order valence-corrected chi connectivity index (χ4v) is 3.01. The molecule has 1 atom stereocenters. The molecule has 2 nitrogen and oxygen atoms in total. The van der Waals surface area contributed by atoms with Crippen LogP contribution in [0, 0.1) is 0 Å². The first-order chi connectivity index (χ1) is 6.24. The van der Waals surface area contributed by atoms with Crippen LogP contribution in [0.5, 0.6) is 0 Å². The summed E-state index contributed by atoms with van der Waals surface area (Å²) in [6.07, 6.45) is 3.59. The van der Waals surface area contributed by atoms with Crippen molar-refractivity contribution in [3.05, 3.63) is 18.4 Å². The Bertz CT molecular complexity index is 195. The van der Waals surface area contributed by atoms with Gasteiger partial charge in [-0.3, -0.25) is 0 Å².